The molecule has 2 N–H and O–H groups in total. The highest BCUT2D eigenvalue weighted by Gasteiger charge is 1.98. The summed E-state index contributed by atoms with van der Waals surface area (Å²) in [5.41, 5.74) is 3.55. The summed E-state index contributed by atoms with van der Waals surface area (Å²) in [4.78, 5) is 13.9. The third-order valence-electron chi connectivity index (χ3n) is 2.89. The Morgan fingerprint density at radius 2 is 2.09 bits per heavy atom. The van der Waals surface area contributed by atoms with Crippen LogP contribution in [0, 0.1) is 6.92 Å². The van der Waals surface area contributed by atoms with E-state index in [1.54, 1.807) is 13.1 Å². The summed E-state index contributed by atoms with van der Waals surface area (Å²) in [5, 5.41) is 11.5. The number of hydrogen-bond acceptors (Lipinski definition) is 6. The number of rotatable bonds is 7. The topological polar surface area (TPSA) is 92.3 Å². The van der Waals surface area contributed by atoms with Gasteiger partial charge in [0, 0.05) is 0 Å². The Balaban J connectivity index is 1.89. The second kappa shape index (κ2) is 7.92. The average molecular weight is 301 g/mol. The van der Waals surface area contributed by atoms with Crippen LogP contribution in [-0.2, 0) is 0 Å². The number of hydrazone groups is 1. The fourth-order valence-corrected chi connectivity index (χ4v) is 1.60. The van der Waals surface area contributed by atoms with Crippen LogP contribution in [0.15, 0.2) is 34.2 Å². The Morgan fingerprint density at radius 3 is 2.77 bits per heavy atom. The number of nitrogens with one attached hydrogen (secondary N) is 2. The summed E-state index contributed by atoms with van der Waals surface area (Å²) in [5.74, 6) is 1.04. The minimum absolute atomic E-state index is 0.200. The number of unbranched alkanes of at least 4 members (excludes halogenated alkanes) is 1. The number of nitrogens with zero attached hydrogens (tertiary/aromatic N) is 3. The van der Waals surface area contributed by atoms with Crippen LogP contribution in [0.5, 0.6) is 5.75 Å². The normalized spacial score (nSPS) is 10.8. The summed E-state index contributed by atoms with van der Waals surface area (Å²) in [6.07, 6.45) is 3.78. The van der Waals surface area contributed by atoms with Crippen LogP contribution in [0.25, 0.3) is 0 Å². The van der Waals surface area contributed by atoms with Crippen molar-refractivity contribution in [3.05, 3.63) is 45.9 Å². The van der Waals surface area contributed by atoms with E-state index in [4.69, 9.17) is 4.74 Å². The maximum Gasteiger partial charge on any atom is 0.274 e. The Morgan fingerprint density at radius 1 is 1.32 bits per heavy atom. The fraction of sp³-hybridized carbons (Fsp3) is 0.333. The summed E-state index contributed by atoms with van der Waals surface area (Å²) in [6, 6.07) is 7.58. The molecule has 1 heterocycles. The van der Waals surface area contributed by atoms with Gasteiger partial charge in [-0.25, -0.2) is 5.43 Å². The quantitative estimate of drug-likeness (QED) is 0.464. The van der Waals surface area contributed by atoms with E-state index in [1.807, 2.05) is 24.3 Å². The van der Waals surface area contributed by atoms with Crippen molar-refractivity contribution in [2.45, 2.75) is 26.7 Å². The van der Waals surface area contributed by atoms with Crippen LogP contribution >= 0.6 is 0 Å². The van der Waals surface area contributed by atoms with Gasteiger partial charge < -0.3 is 4.74 Å². The molecule has 0 saturated carbocycles. The summed E-state index contributed by atoms with van der Waals surface area (Å²) in [7, 11) is 0. The van der Waals surface area contributed by atoms with Gasteiger partial charge in [0.05, 0.1) is 12.8 Å². The van der Waals surface area contributed by atoms with Crippen LogP contribution in [0.2, 0.25) is 0 Å². The minimum Gasteiger partial charge on any atom is -0.494 e. The third-order valence-corrected chi connectivity index (χ3v) is 2.89. The Bertz CT molecular complexity index is 679. The number of aromatic nitrogens is 3. The van der Waals surface area contributed by atoms with E-state index in [9.17, 15) is 4.79 Å². The molecule has 0 aliphatic heterocycles. The first-order valence-electron chi connectivity index (χ1n) is 7.14. The SMILES string of the molecule is CCCCOc1ccc(/C=N\Nc2nnc(C)c(=O)[nH]2)cc1. The van der Waals surface area contributed by atoms with Crippen LogP contribution in [0.4, 0.5) is 5.95 Å². The Kier molecular flexibility index (Phi) is 5.65. The predicted octanol–water partition coefficient (Wildman–Crippen LogP) is 2.10. The summed E-state index contributed by atoms with van der Waals surface area (Å²) >= 11 is 0. The van der Waals surface area contributed by atoms with Crippen molar-refractivity contribution in [3.63, 3.8) is 0 Å². The molecule has 0 aliphatic rings. The van der Waals surface area contributed by atoms with Gasteiger partial charge in [-0.05, 0) is 43.2 Å². The number of hydrogen-bond donors (Lipinski definition) is 2. The lowest BCUT2D eigenvalue weighted by Gasteiger charge is -2.04. The Hall–Kier alpha value is -2.70. The molecule has 0 radical (unpaired) electrons. The number of benzene rings is 1. The zero-order valence-corrected chi connectivity index (χ0v) is 12.7. The highest BCUT2D eigenvalue weighted by Crippen LogP contribution is 2.11. The first-order valence-corrected chi connectivity index (χ1v) is 7.14. The molecule has 7 heteroatoms. The first kappa shape index (κ1) is 15.7. The smallest absolute Gasteiger partial charge is 0.274 e. The van der Waals surface area contributed by atoms with Crippen molar-refractivity contribution in [1.29, 1.82) is 0 Å². The van der Waals surface area contributed by atoms with Crippen molar-refractivity contribution >= 4 is 12.2 Å². The lowest BCUT2D eigenvalue weighted by Crippen LogP contribution is -2.15. The Labute approximate surface area is 128 Å². The maximum absolute atomic E-state index is 11.4. The largest absolute Gasteiger partial charge is 0.494 e. The molecule has 0 fully saturated rings. The van der Waals surface area contributed by atoms with Gasteiger partial charge in [-0.2, -0.15) is 5.10 Å². The van der Waals surface area contributed by atoms with E-state index in [2.05, 4.69) is 32.6 Å². The van der Waals surface area contributed by atoms with E-state index in [0.717, 1.165) is 30.8 Å². The lowest BCUT2D eigenvalue weighted by molar-refractivity contribution is 0.309. The molecule has 22 heavy (non-hydrogen) atoms. The van der Waals surface area contributed by atoms with Crippen molar-refractivity contribution in [2.75, 3.05) is 12.0 Å². The minimum atomic E-state index is -0.290. The summed E-state index contributed by atoms with van der Waals surface area (Å²) < 4.78 is 5.58. The number of ether oxygens (including phenoxy) is 1. The number of aromatic amines is 1. The van der Waals surface area contributed by atoms with Gasteiger partial charge in [-0.1, -0.05) is 13.3 Å². The third kappa shape index (κ3) is 4.69. The molecule has 0 spiro atoms. The second-order valence-corrected chi connectivity index (χ2v) is 4.73. The zero-order valence-electron chi connectivity index (χ0n) is 12.7. The van der Waals surface area contributed by atoms with E-state index in [-0.39, 0.29) is 11.5 Å². The van der Waals surface area contributed by atoms with Crippen LogP contribution in [0.1, 0.15) is 31.0 Å². The zero-order chi connectivity index (χ0) is 15.8. The molecule has 1 aromatic carbocycles. The van der Waals surface area contributed by atoms with Gasteiger partial charge in [0.15, 0.2) is 0 Å². The van der Waals surface area contributed by atoms with Gasteiger partial charge in [-0.3, -0.25) is 9.78 Å². The van der Waals surface area contributed by atoms with Gasteiger partial charge in [0.1, 0.15) is 11.4 Å². The van der Waals surface area contributed by atoms with Gasteiger partial charge >= 0.3 is 0 Å². The van der Waals surface area contributed by atoms with Crippen LogP contribution in [0.3, 0.4) is 0 Å². The maximum atomic E-state index is 11.4. The molecule has 0 saturated heterocycles. The lowest BCUT2D eigenvalue weighted by atomic mass is 10.2. The second-order valence-electron chi connectivity index (χ2n) is 4.73. The van der Waals surface area contributed by atoms with Gasteiger partial charge in [-0.15, -0.1) is 10.2 Å². The highest BCUT2D eigenvalue weighted by atomic mass is 16.5. The van der Waals surface area contributed by atoms with Gasteiger partial charge in [0.25, 0.3) is 5.56 Å². The fourth-order valence-electron chi connectivity index (χ4n) is 1.60. The van der Waals surface area contributed by atoms with E-state index in [0.29, 0.717) is 5.69 Å². The molecule has 0 amide bonds. The molecule has 7 nitrogen and oxygen atoms in total. The molecule has 116 valence electrons. The van der Waals surface area contributed by atoms with Crippen molar-refractivity contribution in [3.8, 4) is 5.75 Å². The molecule has 2 aromatic rings. The molecule has 1 aromatic heterocycles. The molecule has 0 bridgehead atoms. The molecule has 0 atom stereocenters. The van der Waals surface area contributed by atoms with Crippen LogP contribution < -0.4 is 15.7 Å². The van der Waals surface area contributed by atoms with Crippen molar-refractivity contribution < 1.29 is 4.74 Å². The molecule has 0 aliphatic carbocycles. The standard InChI is InChI=1S/C15H19N5O2/c1-3-4-9-22-13-7-5-12(6-8-13)10-16-19-15-17-14(21)11(2)18-20-15/h5-8,10H,3-4,9H2,1-2H3,(H2,17,19,20,21)/b16-10-. The van der Waals surface area contributed by atoms with Gasteiger partial charge in [0.2, 0.25) is 5.95 Å². The van der Waals surface area contributed by atoms with Crippen molar-refractivity contribution in [1.82, 2.24) is 15.2 Å². The highest BCUT2D eigenvalue weighted by molar-refractivity contribution is 5.80. The predicted molar refractivity (Wildman–Crippen MR) is 85.5 cm³/mol. The molecule has 0 unspecified atom stereocenters. The summed E-state index contributed by atoms with van der Waals surface area (Å²) in [6.45, 7) is 4.44. The molecule has 2 rings (SSSR count). The molecular weight excluding hydrogens is 282 g/mol. The van der Waals surface area contributed by atoms with E-state index >= 15 is 0 Å². The number of anilines is 1. The molecular formula is C15H19N5O2. The van der Waals surface area contributed by atoms with E-state index < -0.39 is 0 Å². The number of aryl methyl sites for hydroxylation is 1. The average Bonchev–Trinajstić information content (AvgIpc) is 2.53. The monoisotopic (exact) mass is 301 g/mol. The first-order chi connectivity index (χ1) is 10.7. The van der Waals surface area contributed by atoms with Crippen LogP contribution in [-0.4, -0.2) is 28.0 Å². The van der Waals surface area contributed by atoms with E-state index in [1.165, 1.54) is 0 Å². The van der Waals surface area contributed by atoms with Crippen molar-refractivity contribution in [2.24, 2.45) is 5.10 Å². The number of H-pyrrole nitrogens is 1.